The predicted octanol–water partition coefficient (Wildman–Crippen LogP) is 5.83. The van der Waals surface area contributed by atoms with Crippen LogP contribution in [0.4, 0.5) is 5.69 Å². The fourth-order valence-electron chi connectivity index (χ4n) is 3.43. The second kappa shape index (κ2) is 7.29. The van der Waals surface area contributed by atoms with Crippen molar-refractivity contribution >= 4 is 5.69 Å². The quantitative estimate of drug-likeness (QED) is 0.694. The number of benzene rings is 1. The molecule has 2 heteroatoms. The van der Waals surface area contributed by atoms with Crippen LogP contribution < -0.4 is 9.64 Å². The SMILES string of the molecule is CC(C)C1=CC/C=C(/N(C)c2ccc3c(c2)OCC[C@H]3C)CC=C1. The van der Waals surface area contributed by atoms with Gasteiger partial charge in [0.25, 0.3) is 0 Å². The number of anilines is 1. The highest BCUT2D eigenvalue weighted by molar-refractivity contribution is 5.58. The molecular formula is C22H29NO. The highest BCUT2D eigenvalue weighted by Gasteiger charge is 2.19. The monoisotopic (exact) mass is 323 g/mol. The number of allylic oxidation sites excluding steroid dienone is 5. The third-order valence-corrected chi connectivity index (χ3v) is 5.17. The van der Waals surface area contributed by atoms with Crippen LogP contribution in [0.5, 0.6) is 5.75 Å². The van der Waals surface area contributed by atoms with Gasteiger partial charge in [-0.25, -0.2) is 0 Å². The number of fused-ring (bicyclic) bond motifs is 1. The summed E-state index contributed by atoms with van der Waals surface area (Å²) >= 11 is 0. The summed E-state index contributed by atoms with van der Waals surface area (Å²) in [6.45, 7) is 7.62. The average Bonchev–Trinajstić information content (AvgIpc) is 2.54. The van der Waals surface area contributed by atoms with E-state index in [-0.39, 0.29) is 0 Å². The van der Waals surface area contributed by atoms with Crippen molar-refractivity contribution < 1.29 is 4.74 Å². The number of rotatable bonds is 3. The molecule has 2 aliphatic rings. The maximum Gasteiger partial charge on any atom is 0.124 e. The summed E-state index contributed by atoms with van der Waals surface area (Å²) in [5.41, 5.74) is 5.32. The Bertz CT molecular complexity index is 681. The smallest absolute Gasteiger partial charge is 0.124 e. The summed E-state index contributed by atoms with van der Waals surface area (Å²) < 4.78 is 5.89. The molecule has 1 aromatic carbocycles. The molecule has 1 aliphatic carbocycles. The molecule has 0 bridgehead atoms. The number of hydrogen-bond acceptors (Lipinski definition) is 2. The van der Waals surface area contributed by atoms with E-state index in [2.05, 4.69) is 75.2 Å². The van der Waals surface area contributed by atoms with Crippen LogP contribution in [0.2, 0.25) is 0 Å². The van der Waals surface area contributed by atoms with E-state index in [0.29, 0.717) is 11.8 Å². The third kappa shape index (κ3) is 3.58. The number of nitrogens with zero attached hydrogens (tertiary/aromatic N) is 1. The lowest BCUT2D eigenvalue weighted by Crippen LogP contribution is -2.18. The topological polar surface area (TPSA) is 12.5 Å². The Balaban J connectivity index is 1.81. The van der Waals surface area contributed by atoms with E-state index >= 15 is 0 Å². The standard InChI is InChI=1S/C22H29NO/c1-16(2)18-7-5-9-19(10-6-8-18)23(4)20-11-12-21-17(3)13-14-24-22(21)15-20/h5,7-8,10-12,15-17H,6,9,13-14H2,1-4H3/b7-5?,18-8?,19-10+/t17-/m1/s1. The van der Waals surface area contributed by atoms with E-state index < -0.39 is 0 Å². The molecule has 0 spiro atoms. The van der Waals surface area contributed by atoms with Crippen molar-refractivity contribution in [2.24, 2.45) is 5.92 Å². The van der Waals surface area contributed by atoms with Gasteiger partial charge in [-0.05, 0) is 41.9 Å². The highest BCUT2D eigenvalue weighted by Crippen LogP contribution is 2.36. The van der Waals surface area contributed by atoms with Crippen molar-refractivity contribution in [3.8, 4) is 5.75 Å². The molecular weight excluding hydrogens is 294 g/mol. The summed E-state index contributed by atoms with van der Waals surface area (Å²) in [6, 6.07) is 6.66. The Morgan fingerprint density at radius 2 is 2.04 bits per heavy atom. The molecule has 1 heterocycles. The molecule has 1 atom stereocenters. The molecule has 2 nitrogen and oxygen atoms in total. The molecule has 1 aromatic rings. The molecule has 0 saturated heterocycles. The van der Waals surface area contributed by atoms with Gasteiger partial charge in [-0.15, -0.1) is 0 Å². The summed E-state index contributed by atoms with van der Waals surface area (Å²) in [4.78, 5) is 2.29. The molecule has 3 rings (SSSR count). The van der Waals surface area contributed by atoms with Crippen molar-refractivity contribution in [2.75, 3.05) is 18.6 Å². The van der Waals surface area contributed by atoms with E-state index in [1.54, 1.807) is 0 Å². The fourth-order valence-corrected chi connectivity index (χ4v) is 3.43. The van der Waals surface area contributed by atoms with E-state index in [0.717, 1.165) is 31.6 Å². The number of ether oxygens (including phenoxy) is 1. The van der Waals surface area contributed by atoms with Crippen LogP contribution in [0, 0.1) is 5.92 Å². The summed E-state index contributed by atoms with van der Waals surface area (Å²) in [5.74, 6) is 2.24. The first-order chi connectivity index (χ1) is 11.6. The van der Waals surface area contributed by atoms with E-state index in [9.17, 15) is 0 Å². The largest absolute Gasteiger partial charge is 0.493 e. The van der Waals surface area contributed by atoms with Gasteiger partial charge >= 0.3 is 0 Å². The van der Waals surface area contributed by atoms with Gasteiger partial charge in [0.05, 0.1) is 6.61 Å². The molecule has 0 N–H and O–H groups in total. The zero-order chi connectivity index (χ0) is 17.1. The molecule has 0 unspecified atom stereocenters. The summed E-state index contributed by atoms with van der Waals surface area (Å²) in [6.07, 6.45) is 12.3. The van der Waals surface area contributed by atoms with Crippen molar-refractivity contribution in [1.82, 2.24) is 0 Å². The first-order valence-corrected chi connectivity index (χ1v) is 9.12. The van der Waals surface area contributed by atoms with Crippen LogP contribution in [0.1, 0.15) is 51.5 Å². The van der Waals surface area contributed by atoms with Gasteiger partial charge in [0.2, 0.25) is 0 Å². The van der Waals surface area contributed by atoms with Crippen LogP contribution in [-0.2, 0) is 0 Å². The van der Waals surface area contributed by atoms with Crippen LogP contribution >= 0.6 is 0 Å². The minimum Gasteiger partial charge on any atom is -0.493 e. The Morgan fingerprint density at radius 3 is 2.83 bits per heavy atom. The van der Waals surface area contributed by atoms with Gasteiger partial charge in [0.15, 0.2) is 0 Å². The molecule has 24 heavy (non-hydrogen) atoms. The van der Waals surface area contributed by atoms with E-state index in [4.69, 9.17) is 4.74 Å². The second-order valence-corrected chi connectivity index (χ2v) is 7.22. The van der Waals surface area contributed by atoms with Crippen LogP contribution in [0.3, 0.4) is 0 Å². The van der Waals surface area contributed by atoms with Crippen molar-refractivity contribution in [2.45, 2.75) is 46.0 Å². The van der Waals surface area contributed by atoms with Crippen molar-refractivity contribution in [1.29, 1.82) is 0 Å². The second-order valence-electron chi connectivity index (χ2n) is 7.22. The highest BCUT2D eigenvalue weighted by atomic mass is 16.5. The van der Waals surface area contributed by atoms with Crippen LogP contribution in [0.15, 0.2) is 53.8 Å². The molecule has 0 amide bonds. The van der Waals surface area contributed by atoms with Crippen molar-refractivity contribution in [3.05, 3.63) is 59.3 Å². The molecule has 128 valence electrons. The Hall–Kier alpha value is -1.96. The predicted molar refractivity (Wildman–Crippen MR) is 103 cm³/mol. The summed E-state index contributed by atoms with van der Waals surface area (Å²) in [5, 5.41) is 0. The maximum atomic E-state index is 5.89. The Kier molecular flexibility index (Phi) is 5.13. The minimum atomic E-state index is 0.591. The molecule has 0 saturated carbocycles. The lowest BCUT2D eigenvalue weighted by atomic mass is 9.94. The first kappa shape index (κ1) is 16.9. The minimum absolute atomic E-state index is 0.591. The first-order valence-electron chi connectivity index (χ1n) is 9.12. The molecule has 0 radical (unpaired) electrons. The van der Waals surface area contributed by atoms with Gasteiger partial charge in [-0.1, -0.05) is 51.1 Å². The van der Waals surface area contributed by atoms with Gasteiger partial charge < -0.3 is 9.64 Å². The zero-order valence-corrected chi connectivity index (χ0v) is 15.4. The number of hydrogen-bond donors (Lipinski definition) is 0. The molecule has 0 fully saturated rings. The Morgan fingerprint density at radius 1 is 1.21 bits per heavy atom. The van der Waals surface area contributed by atoms with Gasteiger partial charge in [-0.3, -0.25) is 0 Å². The van der Waals surface area contributed by atoms with Crippen LogP contribution in [0.25, 0.3) is 0 Å². The third-order valence-electron chi connectivity index (χ3n) is 5.17. The van der Waals surface area contributed by atoms with Crippen molar-refractivity contribution in [3.63, 3.8) is 0 Å². The van der Waals surface area contributed by atoms with E-state index in [1.807, 2.05) is 0 Å². The molecule has 0 aromatic heterocycles. The fraction of sp³-hybridized carbons (Fsp3) is 0.455. The van der Waals surface area contributed by atoms with E-state index in [1.165, 1.54) is 22.5 Å². The summed E-state index contributed by atoms with van der Waals surface area (Å²) in [7, 11) is 2.16. The lowest BCUT2D eigenvalue weighted by Gasteiger charge is -2.27. The average molecular weight is 323 g/mol. The van der Waals surface area contributed by atoms with Gasteiger partial charge in [0, 0.05) is 30.9 Å². The van der Waals surface area contributed by atoms with Crippen LogP contribution in [-0.4, -0.2) is 13.7 Å². The zero-order valence-electron chi connectivity index (χ0n) is 15.4. The van der Waals surface area contributed by atoms with Gasteiger partial charge in [0.1, 0.15) is 5.75 Å². The Labute approximate surface area is 146 Å². The normalized spacial score (nSPS) is 22.6. The lowest BCUT2D eigenvalue weighted by molar-refractivity contribution is 0.272. The maximum absolute atomic E-state index is 5.89. The van der Waals surface area contributed by atoms with Gasteiger partial charge in [-0.2, -0.15) is 0 Å². The molecule has 1 aliphatic heterocycles.